The van der Waals surface area contributed by atoms with Gasteiger partial charge in [-0.1, -0.05) is 6.92 Å². The minimum absolute atomic E-state index is 0.597. The van der Waals surface area contributed by atoms with Gasteiger partial charge >= 0.3 is 0 Å². The number of β-amino-alcohol motifs (C(OH)–C–C–N with tert-alkyl or cyclic N) is 1. The number of nitrogens with one attached hydrogen (secondary N) is 1. The highest BCUT2D eigenvalue weighted by Crippen LogP contribution is 2.25. The largest absolute Gasteiger partial charge is 0.388 e. The lowest BCUT2D eigenvalue weighted by Gasteiger charge is -2.37. The molecule has 0 bridgehead atoms. The van der Waals surface area contributed by atoms with Crippen molar-refractivity contribution in [2.45, 2.75) is 45.1 Å². The minimum atomic E-state index is -0.648. The van der Waals surface area contributed by atoms with Crippen LogP contribution in [0.15, 0.2) is 6.07 Å². The number of rotatable bonds is 4. The van der Waals surface area contributed by atoms with E-state index in [2.05, 4.69) is 27.2 Å². The van der Waals surface area contributed by atoms with Crippen LogP contribution in [0, 0.1) is 0 Å². The lowest BCUT2D eigenvalue weighted by Crippen LogP contribution is -2.46. The molecule has 2 heterocycles. The van der Waals surface area contributed by atoms with Gasteiger partial charge in [0, 0.05) is 25.6 Å². The molecule has 1 aromatic heterocycles. The molecule has 6 heteroatoms. The average Bonchev–Trinajstić information content (AvgIpc) is 2.37. The first-order valence-electron chi connectivity index (χ1n) is 6.86. The van der Waals surface area contributed by atoms with E-state index in [0.29, 0.717) is 12.4 Å². The zero-order valence-electron chi connectivity index (χ0n) is 11.7. The van der Waals surface area contributed by atoms with Gasteiger partial charge in [0.1, 0.15) is 17.5 Å². The van der Waals surface area contributed by atoms with E-state index in [4.69, 9.17) is 5.84 Å². The van der Waals surface area contributed by atoms with Crippen LogP contribution in [-0.4, -0.2) is 33.8 Å². The van der Waals surface area contributed by atoms with Crippen molar-refractivity contribution in [3.8, 4) is 0 Å². The molecule has 19 heavy (non-hydrogen) atoms. The quantitative estimate of drug-likeness (QED) is 0.557. The van der Waals surface area contributed by atoms with E-state index in [1.54, 1.807) is 0 Å². The van der Waals surface area contributed by atoms with E-state index in [1.165, 1.54) is 0 Å². The van der Waals surface area contributed by atoms with Crippen LogP contribution in [0.2, 0.25) is 0 Å². The predicted octanol–water partition coefficient (Wildman–Crippen LogP) is 1.07. The topological polar surface area (TPSA) is 87.3 Å². The van der Waals surface area contributed by atoms with Crippen molar-refractivity contribution in [3.05, 3.63) is 11.9 Å². The van der Waals surface area contributed by atoms with Gasteiger partial charge in [0.25, 0.3) is 0 Å². The zero-order valence-corrected chi connectivity index (χ0v) is 11.7. The van der Waals surface area contributed by atoms with E-state index in [0.717, 1.165) is 43.9 Å². The number of hydrogen-bond acceptors (Lipinski definition) is 6. The maximum Gasteiger partial charge on any atom is 0.145 e. The third-order valence-electron chi connectivity index (χ3n) is 3.38. The molecule has 1 aliphatic rings. The summed E-state index contributed by atoms with van der Waals surface area (Å²) in [5, 5.41) is 10.2. The Morgan fingerprint density at radius 3 is 2.95 bits per heavy atom. The molecule has 0 radical (unpaired) electrons. The SMILES string of the molecule is CCCc1nc(NN)cc(N2CCCC(C)(O)C2)n1. The molecule has 2 rings (SSSR count). The maximum absolute atomic E-state index is 10.2. The average molecular weight is 265 g/mol. The summed E-state index contributed by atoms with van der Waals surface area (Å²) in [6.45, 7) is 5.47. The first-order valence-corrected chi connectivity index (χ1v) is 6.86. The van der Waals surface area contributed by atoms with E-state index in [1.807, 2.05) is 13.0 Å². The van der Waals surface area contributed by atoms with Crippen molar-refractivity contribution < 1.29 is 5.11 Å². The van der Waals surface area contributed by atoms with Crippen LogP contribution in [0.5, 0.6) is 0 Å². The van der Waals surface area contributed by atoms with E-state index >= 15 is 0 Å². The van der Waals surface area contributed by atoms with Crippen LogP contribution in [0.3, 0.4) is 0 Å². The monoisotopic (exact) mass is 265 g/mol. The first-order chi connectivity index (χ1) is 9.04. The molecule has 1 aromatic rings. The Balaban J connectivity index is 2.25. The van der Waals surface area contributed by atoms with Gasteiger partial charge in [0.15, 0.2) is 0 Å². The smallest absolute Gasteiger partial charge is 0.145 e. The lowest BCUT2D eigenvalue weighted by atomic mass is 9.95. The number of nitrogen functional groups attached to an aromatic ring is 1. The fraction of sp³-hybridized carbons (Fsp3) is 0.692. The molecule has 0 amide bonds. The number of nitrogens with zero attached hydrogens (tertiary/aromatic N) is 3. The minimum Gasteiger partial charge on any atom is -0.388 e. The summed E-state index contributed by atoms with van der Waals surface area (Å²) in [4.78, 5) is 11.0. The van der Waals surface area contributed by atoms with Crippen molar-refractivity contribution in [2.75, 3.05) is 23.4 Å². The van der Waals surface area contributed by atoms with Crippen molar-refractivity contribution in [1.82, 2.24) is 9.97 Å². The van der Waals surface area contributed by atoms with Crippen molar-refractivity contribution in [3.63, 3.8) is 0 Å². The molecule has 1 fully saturated rings. The summed E-state index contributed by atoms with van der Waals surface area (Å²) >= 11 is 0. The van der Waals surface area contributed by atoms with Crippen LogP contribution in [0.4, 0.5) is 11.6 Å². The van der Waals surface area contributed by atoms with Crippen LogP contribution in [0.25, 0.3) is 0 Å². The lowest BCUT2D eigenvalue weighted by molar-refractivity contribution is 0.0447. The summed E-state index contributed by atoms with van der Waals surface area (Å²) < 4.78 is 0. The normalized spacial score (nSPS) is 23.5. The van der Waals surface area contributed by atoms with Crippen molar-refractivity contribution in [2.24, 2.45) is 5.84 Å². The second-order valence-electron chi connectivity index (χ2n) is 5.44. The summed E-state index contributed by atoms with van der Waals surface area (Å²) in [6, 6.07) is 1.83. The third-order valence-corrected chi connectivity index (χ3v) is 3.38. The Hall–Kier alpha value is -1.40. The molecule has 1 aliphatic heterocycles. The summed E-state index contributed by atoms with van der Waals surface area (Å²) in [6.07, 6.45) is 3.61. The van der Waals surface area contributed by atoms with Gasteiger partial charge in [-0.25, -0.2) is 15.8 Å². The standard InChI is InChI=1S/C13H23N5O/c1-3-5-10-15-11(17-14)8-12(16-10)18-7-4-6-13(2,19)9-18/h8,19H,3-7,9,14H2,1-2H3,(H,15,16,17). The van der Waals surface area contributed by atoms with Gasteiger partial charge in [0.05, 0.1) is 5.60 Å². The van der Waals surface area contributed by atoms with E-state index in [9.17, 15) is 5.11 Å². The van der Waals surface area contributed by atoms with E-state index < -0.39 is 5.60 Å². The number of aromatic nitrogens is 2. The summed E-state index contributed by atoms with van der Waals surface area (Å²) in [7, 11) is 0. The highest BCUT2D eigenvalue weighted by atomic mass is 16.3. The van der Waals surface area contributed by atoms with Crippen molar-refractivity contribution in [1.29, 1.82) is 0 Å². The number of hydrazine groups is 1. The highest BCUT2D eigenvalue weighted by molar-refractivity contribution is 5.49. The van der Waals surface area contributed by atoms with E-state index in [-0.39, 0.29) is 0 Å². The Morgan fingerprint density at radius 2 is 2.32 bits per heavy atom. The fourth-order valence-electron chi connectivity index (χ4n) is 2.47. The Bertz CT molecular complexity index is 435. The fourth-order valence-corrected chi connectivity index (χ4v) is 2.47. The maximum atomic E-state index is 10.2. The Morgan fingerprint density at radius 1 is 1.53 bits per heavy atom. The molecular formula is C13H23N5O. The van der Waals surface area contributed by atoms with Gasteiger partial charge in [-0.15, -0.1) is 0 Å². The molecule has 4 N–H and O–H groups in total. The van der Waals surface area contributed by atoms with Crippen LogP contribution < -0.4 is 16.2 Å². The number of nitrogens with two attached hydrogens (primary N) is 1. The van der Waals surface area contributed by atoms with Crippen LogP contribution in [0.1, 0.15) is 38.9 Å². The summed E-state index contributed by atoms with van der Waals surface area (Å²) in [5.41, 5.74) is 1.94. The van der Waals surface area contributed by atoms with Gasteiger partial charge in [-0.05, 0) is 26.2 Å². The van der Waals surface area contributed by atoms with Crippen LogP contribution >= 0.6 is 0 Å². The van der Waals surface area contributed by atoms with Gasteiger partial charge in [0.2, 0.25) is 0 Å². The molecule has 0 aromatic carbocycles. The van der Waals surface area contributed by atoms with Gasteiger partial charge < -0.3 is 15.4 Å². The molecule has 1 atom stereocenters. The number of aliphatic hydroxyl groups is 1. The second kappa shape index (κ2) is 5.71. The van der Waals surface area contributed by atoms with Gasteiger partial charge in [-0.3, -0.25) is 0 Å². The zero-order chi connectivity index (χ0) is 13.9. The molecular weight excluding hydrogens is 242 g/mol. The second-order valence-corrected chi connectivity index (χ2v) is 5.44. The molecule has 1 unspecified atom stereocenters. The number of hydrogen-bond donors (Lipinski definition) is 3. The number of piperidine rings is 1. The molecule has 0 aliphatic carbocycles. The third kappa shape index (κ3) is 3.54. The molecule has 1 saturated heterocycles. The number of anilines is 2. The molecule has 6 nitrogen and oxygen atoms in total. The van der Waals surface area contributed by atoms with Crippen LogP contribution in [-0.2, 0) is 6.42 Å². The predicted molar refractivity (Wildman–Crippen MR) is 75.9 cm³/mol. The molecule has 0 saturated carbocycles. The highest BCUT2D eigenvalue weighted by Gasteiger charge is 2.29. The molecule has 0 spiro atoms. The van der Waals surface area contributed by atoms with Gasteiger partial charge in [-0.2, -0.15) is 0 Å². The van der Waals surface area contributed by atoms with Crippen molar-refractivity contribution >= 4 is 11.6 Å². The first kappa shape index (κ1) is 14.0. The summed E-state index contributed by atoms with van der Waals surface area (Å²) in [5.74, 6) is 7.71. The Kier molecular flexibility index (Phi) is 4.21. The Labute approximate surface area is 114 Å². The number of aryl methyl sites for hydroxylation is 1. The molecule has 106 valence electrons.